The van der Waals surface area contributed by atoms with Gasteiger partial charge < -0.3 is 14.9 Å². The molecule has 0 amide bonds. The topological polar surface area (TPSA) is 84.6 Å². The summed E-state index contributed by atoms with van der Waals surface area (Å²) in [6.07, 6.45) is 0. The van der Waals surface area contributed by atoms with Crippen LogP contribution in [0.5, 0.6) is 11.5 Å². The number of aromatic carboxylic acids is 1. The fourth-order valence-corrected chi connectivity index (χ4v) is 2.15. The van der Waals surface area contributed by atoms with Gasteiger partial charge in [0.05, 0.1) is 17.3 Å². The molecule has 2 N–H and O–H groups in total. The first-order chi connectivity index (χ1) is 8.93. The third kappa shape index (κ3) is 2.41. The van der Waals surface area contributed by atoms with Crippen molar-refractivity contribution in [3.63, 3.8) is 0 Å². The van der Waals surface area contributed by atoms with Crippen molar-refractivity contribution in [3.05, 3.63) is 28.4 Å². The maximum absolute atomic E-state index is 10.9. The van der Waals surface area contributed by atoms with Gasteiger partial charge in [0.2, 0.25) is 0 Å². The Kier molecular flexibility index (Phi) is 3.48. The highest BCUT2D eigenvalue weighted by Gasteiger charge is 2.17. The Morgan fingerprint density at radius 3 is 2.63 bits per heavy atom. The molecule has 100 valence electrons. The highest BCUT2D eigenvalue weighted by atomic mass is 79.9. The second-order valence-electron chi connectivity index (χ2n) is 3.85. The fourth-order valence-electron chi connectivity index (χ4n) is 1.71. The van der Waals surface area contributed by atoms with E-state index in [4.69, 9.17) is 9.84 Å². The van der Waals surface area contributed by atoms with E-state index in [2.05, 4.69) is 21.0 Å². The lowest BCUT2D eigenvalue weighted by atomic mass is 10.1. The number of halogens is 1. The molecule has 0 aliphatic heterocycles. The minimum atomic E-state index is -1.12. The van der Waals surface area contributed by atoms with Gasteiger partial charge in [0.1, 0.15) is 11.5 Å². The van der Waals surface area contributed by atoms with Crippen LogP contribution >= 0.6 is 15.9 Å². The number of carboxylic acid groups (broad SMARTS) is 1. The summed E-state index contributed by atoms with van der Waals surface area (Å²) in [5, 5.41) is 22.8. The van der Waals surface area contributed by atoms with Gasteiger partial charge in [0, 0.05) is 12.6 Å². The molecule has 0 radical (unpaired) electrons. The van der Waals surface area contributed by atoms with Crippen LogP contribution in [-0.4, -0.2) is 33.1 Å². The second kappa shape index (κ2) is 4.93. The van der Waals surface area contributed by atoms with Crippen molar-refractivity contribution in [2.45, 2.75) is 0 Å². The standard InChI is InChI=1S/C12H11BrN2O4/c1-15-10(5-9(14-15)12(17)18)7-3-6(19-2)4-8(13)11(7)16/h3-5,16H,1-2H3,(H,17,18). The Bertz CT molecular complexity index is 651. The van der Waals surface area contributed by atoms with Gasteiger partial charge in [-0.1, -0.05) is 0 Å². The van der Waals surface area contributed by atoms with E-state index in [0.29, 0.717) is 21.5 Å². The Morgan fingerprint density at radius 1 is 1.42 bits per heavy atom. The summed E-state index contributed by atoms with van der Waals surface area (Å²) in [5.74, 6) is -0.582. The number of methoxy groups -OCH3 is 1. The van der Waals surface area contributed by atoms with Crippen molar-refractivity contribution in [1.82, 2.24) is 9.78 Å². The van der Waals surface area contributed by atoms with E-state index in [0.717, 1.165) is 0 Å². The van der Waals surface area contributed by atoms with Crippen LogP contribution in [-0.2, 0) is 7.05 Å². The number of aromatic hydroxyl groups is 1. The molecule has 0 atom stereocenters. The van der Waals surface area contributed by atoms with Crippen LogP contribution in [0.4, 0.5) is 0 Å². The van der Waals surface area contributed by atoms with Gasteiger partial charge in [0.25, 0.3) is 0 Å². The lowest BCUT2D eigenvalue weighted by Gasteiger charge is -2.09. The maximum atomic E-state index is 10.9. The molecule has 0 fully saturated rings. The van der Waals surface area contributed by atoms with Crippen LogP contribution in [0.15, 0.2) is 22.7 Å². The molecule has 0 spiro atoms. The average molecular weight is 327 g/mol. The SMILES string of the molecule is COc1cc(Br)c(O)c(-c2cc(C(=O)O)nn2C)c1. The Labute approximate surface area is 117 Å². The van der Waals surface area contributed by atoms with Crippen molar-refractivity contribution in [2.75, 3.05) is 7.11 Å². The van der Waals surface area contributed by atoms with E-state index in [1.54, 1.807) is 19.2 Å². The van der Waals surface area contributed by atoms with Crippen molar-refractivity contribution in [3.8, 4) is 22.8 Å². The van der Waals surface area contributed by atoms with Gasteiger partial charge in [-0.15, -0.1) is 0 Å². The van der Waals surface area contributed by atoms with Gasteiger partial charge in [-0.3, -0.25) is 4.68 Å². The third-order valence-electron chi connectivity index (χ3n) is 2.65. The molecule has 2 aromatic rings. The molecule has 0 unspecified atom stereocenters. The summed E-state index contributed by atoms with van der Waals surface area (Å²) in [6.45, 7) is 0. The Morgan fingerprint density at radius 2 is 2.11 bits per heavy atom. The van der Waals surface area contributed by atoms with Crippen LogP contribution in [0.25, 0.3) is 11.3 Å². The Hall–Kier alpha value is -2.02. The van der Waals surface area contributed by atoms with Crippen LogP contribution in [0.2, 0.25) is 0 Å². The number of nitrogens with zero attached hydrogens (tertiary/aromatic N) is 2. The molecular formula is C12H11BrN2O4. The highest BCUT2D eigenvalue weighted by Crippen LogP contribution is 2.39. The number of aromatic nitrogens is 2. The molecule has 0 aliphatic rings. The highest BCUT2D eigenvalue weighted by molar-refractivity contribution is 9.10. The number of benzene rings is 1. The predicted octanol–water partition coefficient (Wildman–Crippen LogP) is 2.26. The van der Waals surface area contributed by atoms with Crippen LogP contribution in [0.1, 0.15) is 10.5 Å². The monoisotopic (exact) mass is 326 g/mol. The molecule has 1 aromatic heterocycles. The van der Waals surface area contributed by atoms with Crippen molar-refractivity contribution < 1.29 is 19.7 Å². The number of ether oxygens (including phenoxy) is 1. The maximum Gasteiger partial charge on any atom is 0.356 e. The minimum absolute atomic E-state index is 0.000684. The number of phenols is 1. The predicted molar refractivity (Wildman–Crippen MR) is 71.5 cm³/mol. The summed E-state index contributed by atoms with van der Waals surface area (Å²) in [4.78, 5) is 10.9. The summed E-state index contributed by atoms with van der Waals surface area (Å²) in [5.41, 5.74) is 0.832. The molecule has 19 heavy (non-hydrogen) atoms. The van der Waals surface area contributed by atoms with Crippen LogP contribution < -0.4 is 4.74 Å². The van der Waals surface area contributed by atoms with Crippen LogP contribution in [0, 0.1) is 0 Å². The van der Waals surface area contributed by atoms with E-state index >= 15 is 0 Å². The number of rotatable bonds is 3. The lowest BCUT2D eigenvalue weighted by Crippen LogP contribution is -1.99. The van der Waals surface area contributed by atoms with E-state index < -0.39 is 5.97 Å². The zero-order chi connectivity index (χ0) is 14.2. The number of phenolic OH excluding ortho intramolecular Hbond substituents is 1. The molecular weight excluding hydrogens is 316 g/mol. The van der Waals surface area contributed by atoms with E-state index in [9.17, 15) is 9.90 Å². The number of carbonyl (C=O) groups is 1. The average Bonchev–Trinajstić information content (AvgIpc) is 2.75. The summed E-state index contributed by atoms with van der Waals surface area (Å²) in [6, 6.07) is 4.62. The van der Waals surface area contributed by atoms with Crippen LogP contribution in [0.3, 0.4) is 0 Å². The van der Waals surface area contributed by atoms with Gasteiger partial charge in [0.15, 0.2) is 5.69 Å². The third-order valence-corrected chi connectivity index (χ3v) is 3.25. The molecule has 0 saturated heterocycles. The largest absolute Gasteiger partial charge is 0.506 e. The smallest absolute Gasteiger partial charge is 0.356 e. The molecule has 6 nitrogen and oxygen atoms in total. The molecule has 1 heterocycles. The number of hydrogen-bond donors (Lipinski definition) is 2. The summed E-state index contributed by atoms with van der Waals surface area (Å²) in [7, 11) is 3.11. The van der Waals surface area contributed by atoms with Crippen molar-refractivity contribution in [2.24, 2.45) is 7.05 Å². The zero-order valence-electron chi connectivity index (χ0n) is 10.2. The van der Waals surface area contributed by atoms with Crippen molar-refractivity contribution >= 4 is 21.9 Å². The number of hydrogen-bond acceptors (Lipinski definition) is 4. The molecule has 0 aliphatic carbocycles. The number of carboxylic acids is 1. The van der Waals surface area contributed by atoms with Crippen molar-refractivity contribution in [1.29, 1.82) is 0 Å². The van der Waals surface area contributed by atoms with Gasteiger partial charge >= 0.3 is 5.97 Å². The van der Waals surface area contributed by atoms with E-state index in [1.165, 1.54) is 17.9 Å². The quantitative estimate of drug-likeness (QED) is 0.903. The van der Waals surface area contributed by atoms with Gasteiger partial charge in [-0.25, -0.2) is 4.79 Å². The summed E-state index contributed by atoms with van der Waals surface area (Å²) < 4.78 is 6.97. The zero-order valence-corrected chi connectivity index (χ0v) is 11.8. The molecule has 0 saturated carbocycles. The fraction of sp³-hybridized carbons (Fsp3) is 0.167. The molecule has 2 rings (SSSR count). The van der Waals surface area contributed by atoms with E-state index in [1.807, 2.05) is 0 Å². The van der Waals surface area contributed by atoms with E-state index in [-0.39, 0.29) is 11.4 Å². The second-order valence-corrected chi connectivity index (χ2v) is 4.70. The normalized spacial score (nSPS) is 10.5. The molecule has 7 heteroatoms. The number of aryl methyl sites for hydroxylation is 1. The van der Waals surface area contributed by atoms with Gasteiger partial charge in [-0.2, -0.15) is 5.10 Å². The molecule has 1 aromatic carbocycles. The Balaban J connectivity index is 2.64. The minimum Gasteiger partial charge on any atom is -0.506 e. The lowest BCUT2D eigenvalue weighted by molar-refractivity contribution is 0.0689. The van der Waals surface area contributed by atoms with Gasteiger partial charge in [-0.05, 0) is 34.1 Å². The first-order valence-electron chi connectivity index (χ1n) is 5.28. The summed E-state index contributed by atoms with van der Waals surface area (Å²) >= 11 is 3.22. The first-order valence-corrected chi connectivity index (χ1v) is 6.07. The molecule has 0 bridgehead atoms. The first kappa shape index (κ1) is 13.4.